The number of fused-ring (bicyclic) bond motifs is 1. The zero-order chi connectivity index (χ0) is 15.8. The van der Waals surface area contributed by atoms with Crippen molar-refractivity contribution in [3.8, 4) is 0 Å². The Bertz CT molecular complexity index is 507. The van der Waals surface area contributed by atoms with Crippen molar-refractivity contribution in [3.63, 3.8) is 0 Å². The minimum atomic E-state index is -4.27. The van der Waals surface area contributed by atoms with Crippen molar-refractivity contribution in [1.82, 2.24) is 5.06 Å². The molecule has 0 aromatic carbocycles. The van der Waals surface area contributed by atoms with Gasteiger partial charge in [-0.2, -0.15) is 0 Å². The lowest BCUT2D eigenvalue weighted by Crippen LogP contribution is -2.88. The summed E-state index contributed by atoms with van der Waals surface area (Å²) in [6.07, 6.45) is 1.80. The summed E-state index contributed by atoms with van der Waals surface area (Å²) in [5.74, 6) is -15.8. The Kier molecular flexibility index (Phi) is 2.79. The van der Waals surface area contributed by atoms with Crippen LogP contribution in [-0.4, -0.2) is 85.2 Å². The number of allylic oxidation sites excluding steroid dienone is 2. The van der Waals surface area contributed by atoms with E-state index in [4.69, 9.17) is 0 Å². The van der Waals surface area contributed by atoms with Crippen LogP contribution >= 0.6 is 0 Å². The third kappa shape index (κ3) is 1.35. The van der Waals surface area contributed by atoms with Gasteiger partial charge in [-0.3, -0.25) is 0 Å². The minimum absolute atomic E-state index is 0.414. The van der Waals surface area contributed by atoms with Crippen molar-refractivity contribution in [3.05, 3.63) is 23.8 Å². The molecule has 1 aliphatic heterocycles. The highest BCUT2D eigenvalue weighted by Gasteiger charge is 2.81. The molecule has 0 spiro atoms. The maximum Gasteiger partial charge on any atom is 0.312 e. The van der Waals surface area contributed by atoms with Crippen LogP contribution in [0.3, 0.4) is 0 Å². The standard InChI is InChI=1S/C9H13NO10/c11-5(12)3-1-2-4-6(5,13)8(16,17)9(18,19)10(20)7(4,14)15/h1-3,11-20H. The van der Waals surface area contributed by atoms with Crippen LogP contribution in [0.15, 0.2) is 23.8 Å². The summed E-state index contributed by atoms with van der Waals surface area (Å²) >= 11 is 0. The van der Waals surface area contributed by atoms with Gasteiger partial charge in [0, 0.05) is 0 Å². The largest absolute Gasteiger partial charge is 0.375 e. The maximum atomic E-state index is 10.1. The van der Waals surface area contributed by atoms with E-state index < -0.39 is 39.6 Å². The molecule has 1 atom stereocenters. The second-order valence-corrected chi connectivity index (χ2v) is 4.63. The fraction of sp³-hybridized carbons (Fsp3) is 0.556. The van der Waals surface area contributed by atoms with Crippen molar-refractivity contribution >= 4 is 0 Å². The van der Waals surface area contributed by atoms with Crippen LogP contribution in [0.2, 0.25) is 0 Å². The van der Waals surface area contributed by atoms with E-state index in [1.54, 1.807) is 0 Å². The molecule has 11 nitrogen and oxygen atoms in total. The van der Waals surface area contributed by atoms with Gasteiger partial charge in [0.1, 0.15) is 0 Å². The molecule has 11 heteroatoms. The predicted octanol–water partition coefficient (Wildman–Crippen LogP) is -5.44. The summed E-state index contributed by atoms with van der Waals surface area (Å²) in [5, 5.41) is 95.0. The maximum absolute atomic E-state index is 10.1. The SMILES string of the molecule is ON1C(O)(O)C2=CC=CC(O)(O)C2(O)C(O)(O)C1(O)O. The van der Waals surface area contributed by atoms with Gasteiger partial charge in [-0.05, 0) is 6.08 Å². The molecular formula is C9H13NO10. The average molecular weight is 295 g/mol. The molecule has 0 saturated carbocycles. The van der Waals surface area contributed by atoms with Crippen LogP contribution in [0.5, 0.6) is 0 Å². The second-order valence-electron chi connectivity index (χ2n) is 4.63. The Labute approximate surface area is 110 Å². The molecule has 1 saturated heterocycles. The molecule has 10 N–H and O–H groups in total. The normalized spacial score (nSPS) is 37.2. The smallest absolute Gasteiger partial charge is 0.312 e. The predicted molar refractivity (Wildman–Crippen MR) is 54.5 cm³/mol. The van der Waals surface area contributed by atoms with Crippen LogP contribution < -0.4 is 0 Å². The van der Waals surface area contributed by atoms with E-state index in [0.29, 0.717) is 12.2 Å². The first-order valence-corrected chi connectivity index (χ1v) is 5.15. The first kappa shape index (κ1) is 15.4. The minimum Gasteiger partial charge on any atom is -0.375 e. The summed E-state index contributed by atoms with van der Waals surface area (Å²) < 4.78 is 0. The first-order chi connectivity index (χ1) is 8.74. The van der Waals surface area contributed by atoms with Crippen molar-refractivity contribution < 1.29 is 51.2 Å². The van der Waals surface area contributed by atoms with Gasteiger partial charge >= 0.3 is 5.91 Å². The molecule has 0 radical (unpaired) electrons. The number of nitrogens with zero attached hydrogens (tertiary/aromatic N) is 1. The van der Waals surface area contributed by atoms with Crippen LogP contribution in [0, 0.1) is 0 Å². The fourth-order valence-corrected chi connectivity index (χ4v) is 2.24. The summed E-state index contributed by atoms with van der Waals surface area (Å²) in [6, 6.07) is 0. The van der Waals surface area contributed by atoms with Gasteiger partial charge in [-0.25, -0.2) is 0 Å². The van der Waals surface area contributed by atoms with Gasteiger partial charge in [0.25, 0.3) is 11.7 Å². The average Bonchev–Trinajstić information content (AvgIpc) is 2.29. The molecule has 0 aromatic rings. The number of piperidine rings is 1. The lowest BCUT2D eigenvalue weighted by atomic mass is 9.69. The second kappa shape index (κ2) is 3.62. The van der Waals surface area contributed by atoms with Gasteiger partial charge in [-0.1, -0.05) is 17.2 Å². The molecule has 20 heavy (non-hydrogen) atoms. The number of aliphatic hydroxyl groups is 9. The van der Waals surface area contributed by atoms with Gasteiger partial charge < -0.3 is 51.2 Å². The molecule has 0 bridgehead atoms. The molecule has 1 fully saturated rings. The Morgan fingerprint density at radius 1 is 0.850 bits per heavy atom. The molecule has 2 aliphatic rings. The van der Waals surface area contributed by atoms with Crippen LogP contribution in [0.1, 0.15) is 0 Å². The van der Waals surface area contributed by atoms with E-state index in [1.807, 2.05) is 0 Å². The number of rotatable bonds is 0. The molecule has 0 aromatic heterocycles. The third-order valence-corrected chi connectivity index (χ3v) is 3.44. The summed E-state index contributed by atoms with van der Waals surface area (Å²) in [6.45, 7) is 0. The summed E-state index contributed by atoms with van der Waals surface area (Å²) in [5.41, 5.74) is -5.12. The van der Waals surface area contributed by atoms with Gasteiger partial charge in [0.15, 0.2) is 0 Å². The van der Waals surface area contributed by atoms with Crippen molar-refractivity contribution in [2.45, 2.75) is 29.0 Å². The monoisotopic (exact) mass is 295 g/mol. The lowest BCUT2D eigenvalue weighted by Gasteiger charge is -2.59. The number of hydroxylamine groups is 2. The number of hydrogen-bond acceptors (Lipinski definition) is 11. The quantitative estimate of drug-likeness (QED) is 0.191. The van der Waals surface area contributed by atoms with Crippen LogP contribution in [0.25, 0.3) is 0 Å². The van der Waals surface area contributed by atoms with Crippen molar-refractivity contribution in [1.29, 1.82) is 0 Å². The Morgan fingerprint density at radius 2 is 1.35 bits per heavy atom. The zero-order valence-electron chi connectivity index (χ0n) is 9.65. The molecule has 1 heterocycles. The highest BCUT2D eigenvalue weighted by molar-refractivity contribution is 5.43. The Hall–Kier alpha value is -0.960. The van der Waals surface area contributed by atoms with E-state index >= 15 is 0 Å². The summed E-state index contributed by atoms with van der Waals surface area (Å²) in [7, 11) is 0. The first-order valence-electron chi connectivity index (χ1n) is 5.15. The molecule has 1 aliphatic carbocycles. The molecule has 1 unspecified atom stereocenters. The van der Waals surface area contributed by atoms with Crippen molar-refractivity contribution in [2.75, 3.05) is 0 Å². The van der Waals surface area contributed by atoms with Gasteiger partial charge in [0.2, 0.25) is 11.4 Å². The Morgan fingerprint density at radius 3 is 1.85 bits per heavy atom. The molecular weight excluding hydrogens is 282 g/mol. The van der Waals surface area contributed by atoms with E-state index in [1.165, 1.54) is 0 Å². The van der Waals surface area contributed by atoms with E-state index in [-0.39, 0.29) is 0 Å². The highest BCUT2D eigenvalue weighted by Crippen LogP contribution is 2.52. The Balaban J connectivity index is 2.83. The van der Waals surface area contributed by atoms with Crippen LogP contribution in [0.4, 0.5) is 0 Å². The molecule has 0 amide bonds. The topological polar surface area (TPSA) is 206 Å². The number of hydrogen-bond donors (Lipinski definition) is 10. The van der Waals surface area contributed by atoms with Gasteiger partial charge in [0.05, 0.1) is 5.57 Å². The van der Waals surface area contributed by atoms with E-state index in [9.17, 15) is 51.2 Å². The third-order valence-electron chi connectivity index (χ3n) is 3.44. The molecule has 2 rings (SSSR count). The fourth-order valence-electron chi connectivity index (χ4n) is 2.24. The molecule has 114 valence electrons. The van der Waals surface area contributed by atoms with E-state index in [0.717, 1.165) is 6.08 Å². The summed E-state index contributed by atoms with van der Waals surface area (Å²) in [4.78, 5) is 0. The highest BCUT2D eigenvalue weighted by atomic mass is 16.7. The zero-order valence-corrected chi connectivity index (χ0v) is 9.65. The lowest BCUT2D eigenvalue weighted by molar-refractivity contribution is -0.572. The van der Waals surface area contributed by atoms with Gasteiger partial charge in [-0.15, -0.1) is 0 Å². The van der Waals surface area contributed by atoms with Crippen LogP contribution in [-0.2, 0) is 0 Å². The van der Waals surface area contributed by atoms with E-state index in [2.05, 4.69) is 0 Å². The van der Waals surface area contributed by atoms with Crippen molar-refractivity contribution in [2.24, 2.45) is 0 Å².